The molecule has 1 unspecified atom stereocenters. The number of hydrogen-bond donors (Lipinski definition) is 1. The molecule has 0 radical (unpaired) electrons. The first kappa shape index (κ1) is 20.9. The van der Waals surface area contributed by atoms with Crippen molar-refractivity contribution in [2.75, 3.05) is 19.0 Å². The second-order valence-corrected chi connectivity index (χ2v) is 9.16. The molecule has 1 saturated heterocycles. The van der Waals surface area contributed by atoms with E-state index >= 15 is 0 Å². The van der Waals surface area contributed by atoms with Gasteiger partial charge in [-0.1, -0.05) is 75.4 Å². The summed E-state index contributed by atoms with van der Waals surface area (Å²) in [5, 5.41) is 3.28. The van der Waals surface area contributed by atoms with Gasteiger partial charge in [0.15, 0.2) is 0 Å². The predicted octanol–water partition coefficient (Wildman–Crippen LogP) is 4.83. The van der Waals surface area contributed by atoms with Gasteiger partial charge in [-0.2, -0.15) is 0 Å². The van der Waals surface area contributed by atoms with E-state index in [1.54, 1.807) is 0 Å². The van der Waals surface area contributed by atoms with Crippen molar-refractivity contribution in [2.45, 2.75) is 51.1 Å². The summed E-state index contributed by atoms with van der Waals surface area (Å²) in [6.07, 6.45) is 1.96. The molecule has 0 bridgehead atoms. The predicted molar refractivity (Wildman–Crippen MR) is 117 cm³/mol. The Balaban J connectivity index is 1.93. The zero-order valence-electron chi connectivity index (χ0n) is 17.2. The van der Waals surface area contributed by atoms with Crippen LogP contribution in [0.3, 0.4) is 0 Å². The summed E-state index contributed by atoms with van der Waals surface area (Å²) in [6.45, 7) is 9.37. The van der Waals surface area contributed by atoms with Crippen molar-refractivity contribution in [2.24, 2.45) is 0 Å². The molecule has 0 spiro atoms. The van der Waals surface area contributed by atoms with Crippen molar-refractivity contribution in [3.63, 3.8) is 0 Å². The van der Waals surface area contributed by atoms with Gasteiger partial charge in [0, 0.05) is 13.1 Å². The maximum absolute atomic E-state index is 12.3. The van der Waals surface area contributed by atoms with Crippen LogP contribution in [0.25, 0.3) is 0 Å². The summed E-state index contributed by atoms with van der Waals surface area (Å²) in [5.74, 6) is -0.122. The highest BCUT2D eigenvalue weighted by molar-refractivity contribution is 6.27. The fraction of sp³-hybridized carbons (Fsp3) is 0.458. The van der Waals surface area contributed by atoms with Crippen molar-refractivity contribution < 1.29 is 4.79 Å². The molecule has 0 aliphatic carbocycles. The number of piperidine rings is 1. The molecule has 1 aliphatic rings. The van der Waals surface area contributed by atoms with E-state index in [1.807, 2.05) is 6.07 Å². The number of rotatable bonds is 5. The second-order valence-electron chi connectivity index (χ2n) is 8.89. The van der Waals surface area contributed by atoms with Crippen molar-refractivity contribution in [3.05, 3.63) is 71.3 Å². The van der Waals surface area contributed by atoms with Crippen molar-refractivity contribution in [1.29, 1.82) is 0 Å². The molecule has 4 heteroatoms. The molecule has 1 amide bonds. The zero-order valence-corrected chi connectivity index (χ0v) is 17.9. The molecule has 1 fully saturated rings. The third-order valence-corrected chi connectivity index (χ3v) is 5.84. The number of hydrogen-bond acceptors (Lipinski definition) is 2. The smallest absolute Gasteiger partial charge is 0.235 e. The van der Waals surface area contributed by atoms with Crippen LogP contribution < -0.4 is 5.32 Å². The number of nitrogens with one attached hydrogen (secondary N) is 1. The lowest BCUT2D eigenvalue weighted by molar-refractivity contribution is -0.121. The number of halogens is 1. The highest BCUT2D eigenvalue weighted by Crippen LogP contribution is 2.35. The van der Waals surface area contributed by atoms with Crippen LogP contribution in [0.2, 0.25) is 0 Å². The highest BCUT2D eigenvalue weighted by Gasteiger charge is 2.38. The highest BCUT2D eigenvalue weighted by atomic mass is 35.5. The Kier molecular flexibility index (Phi) is 6.47. The summed E-state index contributed by atoms with van der Waals surface area (Å²) in [7, 11) is 0. The maximum Gasteiger partial charge on any atom is 0.235 e. The number of carbonyl (C=O) groups excluding carboxylic acids is 1. The molecule has 150 valence electrons. The Labute approximate surface area is 174 Å². The van der Waals surface area contributed by atoms with Crippen LogP contribution in [0.5, 0.6) is 0 Å². The lowest BCUT2D eigenvalue weighted by Gasteiger charge is -2.44. The summed E-state index contributed by atoms with van der Waals surface area (Å²) in [4.78, 5) is 14.8. The lowest BCUT2D eigenvalue weighted by atomic mass is 9.78. The van der Waals surface area contributed by atoms with Gasteiger partial charge in [0.2, 0.25) is 5.91 Å². The third-order valence-electron chi connectivity index (χ3n) is 5.60. The molecular formula is C24H31ClN2O. The van der Waals surface area contributed by atoms with Crippen LogP contribution in [0, 0.1) is 0 Å². The monoisotopic (exact) mass is 398 g/mol. The molecule has 1 heterocycles. The fourth-order valence-corrected chi connectivity index (χ4v) is 4.18. The second kappa shape index (κ2) is 8.67. The molecule has 3 rings (SSSR count). The molecule has 1 aliphatic heterocycles. The van der Waals surface area contributed by atoms with E-state index < -0.39 is 5.54 Å². The Morgan fingerprint density at radius 1 is 1.14 bits per heavy atom. The van der Waals surface area contributed by atoms with Gasteiger partial charge in [-0.3, -0.25) is 9.69 Å². The van der Waals surface area contributed by atoms with E-state index in [-0.39, 0.29) is 17.2 Å². The molecule has 2 aromatic carbocycles. The first-order valence-electron chi connectivity index (χ1n) is 10.1. The quantitative estimate of drug-likeness (QED) is 0.731. The molecular weight excluding hydrogens is 368 g/mol. The average Bonchev–Trinajstić information content (AvgIpc) is 2.68. The van der Waals surface area contributed by atoms with Crippen molar-refractivity contribution in [3.8, 4) is 0 Å². The lowest BCUT2D eigenvalue weighted by Crippen LogP contribution is -2.56. The Hall–Kier alpha value is -1.84. The minimum atomic E-state index is -0.403. The Morgan fingerprint density at radius 3 is 2.57 bits per heavy atom. The van der Waals surface area contributed by atoms with Gasteiger partial charge < -0.3 is 5.32 Å². The van der Waals surface area contributed by atoms with Gasteiger partial charge >= 0.3 is 0 Å². The molecule has 0 aromatic heterocycles. The number of likely N-dealkylation sites (tertiary alicyclic amines) is 1. The van der Waals surface area contributed by atoms with Crippen LogP contribution in [0.4, 0.5) is 0 Å². The first-order valence-corrected chi connectivity index (χ1v) is 10.6. The van der Waals surface area contributed by atoms with Gasteiger partial charge in [-0.05, 0) is 41.5 Å². The largest absolute Gasteiger partial charge is 0.344 e. The number of nitrogens with zero attached hydrogens (tertiary/aromatic N) is 1. The first-order chi connectivity index (χ1) is 13.3. The van der Waals surface area contributed by atoms with Crippen LogP contribution in [-0.2, 0) is 22.3 Å². The Morgan fingerprint density at radius 2 is 1.89 bits per heavy atom. The summed E-state index contributed by atoms with van der Waals surface area (Å²) in [6, 6.07) is 19.2. The summed E-state index contributed by atoms with van der Waals surface area (Å²) in [5.41, 5.74) is 3.41. The molecule has 3 nitrogen and oxygen atoms in total. The van der Waals surface area contributed by atoms with E-state index in [2.05, 4.69) is 79.5 Å². The van der Waals surface area contributed by atoms with Crippen molar-refractivity contribution >= 4 is 17.5 Å². The molecule has 28 heavy (non-hydrogen) atoms. The van der Waals surface area contributed by atoms with Crippen LogP contribution >= 0.6 is 11.6 Å². The third kappa shape index (κ3) is 4.95. The van der Waals surface area contributed by atoms with E-state index in [4.69, 9.17) is 11.6 Å². The molecule has 0 saturated carbocycles. The number of benzene rings is 2. The fourth-order valence-electron chi connectivity index (χ4n) is 4.11. The minimum Gasteiger partial charge on any atom is -0.344 e. The molecule has 1 atom stereocenters. The molecule has 2 aromatic rings. The Bertz CT molecular complexity index is 800. The van der Waals surface area contributed by atoms with Crippen LogP contribution in [0.15, 0.2) is 54.6 Å². The average molecular weight is 399 g/mol. The maximum atomic E-state index is 12.3. The van der Waals surface area contributed by atoms with E-state index in [0.29, 0.717) is 0 Å². The topological polar surface area (TPSA) is 32.3 Å². The minimum absolute atomic E-state index is 0.0145. The SMILES string of the molecule is CC(C)(C)c1cccc(C2(NC(=O)CCl)CCCN(Cc3ccccc3)C2)c1. The van der Waals surface area contributed by atoms with E-state index in [0.717, 1.165) is 32.5 Å². The van der Waals surface area contributed by atoms with Gasteiger partial charge in [-0.15, -0.1) is 11.6 Å². The van der Waals surface area contributed by atoms with Gasteiger partial charge in [0.1, 0.15) is 5.88 Å². The van der Waals surface area contributed by atoms with Crippen LogP contribution in [0.1, 0.15) is 50.3 Å². The number of amides is 1. The van der Waals surface area contributed by atoms with Gasteiger partial charge in [-0.25, -0.2) is 0 Å². The summed E-state index contributed by atoms with van der Waals surface area (Å²) < 4.78 is 0. The van der Waals surface area contributed by atoms with Gasteiger partial charge in [0.05, 0.1) is 5.54 Å². The molecule has 1 N–H and O–H groups in total. The van der Waals surface area contributed by atoms with Crippen molar-refractivity contribution in [1.82, 2.24) is 10.2 Å². The van der Waals surface area contributed by atoms with Gasteiger partial charge in [0.25, 0.3) is 0 Å². The number of alkyl halides is 1. The standard InChI is InChI=1S/C24H31ClN2O/c1-23(2,3)20-11-7-12-21(15-20)24(26-22(28)16-25)13-8-14-27(18-24)17-19-9-5-4-6-10-19/h4-7,9-12,15H,8,13-14,16-18H2,1-3H3,(H,26,28). The zero-order chi connectivity index (χ0) is 20.2. The van der Waals surface area contributed by atoms with E-state index in [1.165, 1.54) is 16.7 Å². The van der Waals surface area contributed by atoms with E-state index in [9.17, 15) is 4.79 Å². The number of carbonyl (C=O) groups is 1. The summed E-state index contributed by atoms with van der Waals surface area (Å²) >= 11 is 5.87. The van der Waals surface area contributed by atoms with Crippen LogP contribution in [-0.4, -0.2) is 29.8 Å². The normalized spacial score (nSPS) is 20.7.